The maximum absolute atomic E-state index is 12.5. The zero-order chi connectivity index (χ0) is 16.5. The van der Waals surface area contributed by atoms with Gasteiger partial charge in [-0.2, -0.15) is 11.8 Å². The highest BCUT2D eigenvalue weighted by Gasteiger charge is 2.31. The Labute approximate surface area is 138 Å². The highest BCUT2D eigenvalue weighted by Crippen LogP contribution is 2.32. The molecule has 0 amide bonds. The summed E-state index contributed by atoms with van der Waals surface area (Å²) in [5.41, 5.74) is 1.00. The quantitative estimate of drug-likeness (QED) is 0.500. The number of thioether (sulfide) groups is 1. The van der Waals surface area contributed by atoms with Gasteiger partial charge in [0.1, 0.15) is 12.4 Å². The van der Waals surface area contributed by atoms with Gasteiger partial charge in [-0.15, -0.1) is 0 Å². The van der Waals surface area contributed by atoms with E-state index in [1.165, 1.54) is 0 Å². The third-order valence-corrected chi connectivity index (χ3v) is 4.81. The lowest BCUT2D eigenvalue weighted by Gasteiger charge is -2.25. The van der Waals surface area contributed by atoms with E-state index in [0.717, 1.165) is 18.6 Å². The van der Waals surface area contributed by atoms with Gasteiger partial charge in [0, 0.05) is 18.1 Å². The van der Waals surface area contributed by atoms with Crippen molar-refractivity contribution in [2.45, 2.75) is 65.0 Å². The molecule has 0 saturated heterocycles. The van der Waals surface area contributed by atoms with Gasteiger partial charge in [0.05, 0.1) is 11.3 Å². The van der Waals surface area contributed by atoms with E-state index in [4.69, 9.17) is 4.84 Å². The molecule has 126 valence electrons. The topological polar surface area (TPSA) is 58.9 Å². The predicted octanol–water partition coefficient (Wildman–Crippen LogP) is 4.50. The molecule has 0 aromatic carbocycles. The maximum atomic E-state index is 12.5. The number of aliphatic hydroxyl groups is 1. The van der Waals surface area contributed by atoms with E-state index in [1.54, 1.807) is 0 Å². The number of Topliss-reactive ketones (excluding diaryl/α,β-unsaturated/α-hetero) is 1. The van der Waals surface area contributed by atoms with Crippen molar-refractivity contribution in [1.82, 2.24) is 0 Å². The molecular weight excluding hydrogens is 298 g/mol. The number of carbonyl (C=O) groups excluding carboxylic acids is 1. The molecule has 0 unspecified atom stereocenters. The van der Waals surface area contributed by atoms with Crippen LogP contribution in [-0.2, 0) is 9.63 Å². The van der Waals surface area contributed by atoms with Gasteiger partial charge in [0.25, 0.3) is 0 Å². The lowest BCUT2D eigenvalue weighted by molar-refractivity contribution is -0.116. The average Bonchev–Trinajstić information content (AvgIpc) is 2.44. The van der Waals surface area contributed by atoms with E-state index >= 15 is 0 Å². The molecule has 1 aliphatic carbocycles. The van der Waals surface area contributed by atoms with Gasteiger partial charge in [0.15, 0.2) is 5.78 Å². The Hall–Kier alpha value is -0.970. The van der Waals surface area contributed by atoms with Crippen LogP contribution < -0.4 is 0 Å². The largest absolute Gasteiger partial charge is 0.511 e. The molecule has 0 saturated carbocycles. The SMILES string of the molecule is CCC/C(=N/OCC)C1=C(O)C[C@@H](C[C@@H](C)SCC)CC1=O. The molecule has 0 spiro atoms. The van der Waals surface area contributed by atoms with Crippen LogP contribution in [0, 0.1) is 5.92 Å². The van der Waals surface area contributed by atoms with Gasteiger partial charge in [-0.05, 0) is 31.4 Å². The van der Waals surface area contributed by atoms with Crippen LogP contribution in [0.1, 0.15) is 59.8 Å². The van der Waals surface area contributed by atoms with Crippen LogP contribution >= 0.6 is 11.8 Å². The first-order valence-corrected chi connectivity index (χ1v) is 9.34. The van der Waals surface area contributed by atoms with Gasteiger partial charge in [-0.1, -0.05) is 32.3 Å². The van der Waals surface area contributed by atoms with Crippen LogP contribution in [-0.4, -0.2) is 34.2 Å². The minimum absolute atomic E-state index is 0.00866. The van der Waals surface area contributed by atoms with E-state index in [0.29, 0.717) is 42.4 Å². The maximum Gasteiger partial charge on any atom is 0.168 e. The molecular formula is C17H29NO3S. The van der Waals surface area contributed by atoms with E-state index < -0.39 is 0 Å². The van der Waals surface area contributed by atoms with Gasteiger partial charge >= 0.3 is 0 Å². The standard InChI is InChI=1S/C17H29NO3S/c1-5-8-14(18-21-6-2)17-15(19)10-13(11-16(17)20)9-12(4)22-7-3/h12-13,19H,5-11H2,1-4H3/b18-14-/t12-,13-/m1/s1. The van der Waals surface area contributed by atoms with Crippen molar-refractivity contribution in [3.8, 4) is 0 Å². The molecule has 2 atom stereocenters. The van der Waals surface area contributed by atoms with Crippen molar-refractivity contribution >= 4 is 23.3 Å². The summed E-state index contributed by atoms with van der Waals surface area (Å²) in [6.45, 7) is 8.67. The fourth-order valence-corrected chi connectivity index (χ4v) is 3.86. The van der Waals surface area contributed by atoms with Crippen LogP contribution in [0.25, 0.3) is 0 Å². The summed E-state index contributed by atoms with van der Waals surface area (Å²) in [5, 5.41) is 14.9. The van der Waals surface area contributed by atoms with Crippen molar-refractivity contribution in [2.75, 3.05) is 12.4 Å². The van der Waals surface area contributed by atoms with Crippen LogP contribution in [0.4, 0.5) is 0 Å². The molecule has 1 N–H and O–H groups in total. The number of hydrogen-bond donors (Lipinski definition) is 1. The monoisotopic (exact) mass is 327 g/mol. The summed E-state index contributed by atoms with van der Waals surface area (Å²) in [6, 6.07) is 0. The molecule has 4 nitrogen and oxygen atoms in total. The van der Waals surface area contributed by atoms with Crippen LogP contribution in [0.5, 0.6) is 0 Å². The van der Waals surface area contributed by atoms with Crippen molar-refractivity contribution < 1.29 is 14.7 Å². The van der Waals surface area contributed by atoms with Gasteiger partial charge in [-0.3, -0.25) is 4.79 Å². The lowest BCUT2D eigenvalue weighted by atomic mass is 9.82. The Balaban J connectivity index is 2.85. The Kier molecular flexibility index (Phi) is 8.61. The summed E-state index contributed by atoms with van der Waals surface area (Å²) in [6.07, 6.45) is 3.56. The molecule has 0 bridgehead atoms. The fraction of sp³-hybridized carbons (Fsp3) is 0.765. The number of oxime groups is 1. The van der Waals surface area contributed by atoms with Crippen molar-refractivity contribution in [3.63, 3.8) is 0 Å². The minimum atomic E-state index is 0.00866. The summed E-state index contributed by atoms with van der Waals surface area (Å²) < 4.78 is 0. The second kappa shape index (κ2) is 9.93. The summed E-state index contributed by atoms with van der Waals surface area (Å²) in [7, 11) is 0. The number of carbonyl (C=O) groups is 1. The number of aliphatic hydroxyl groups excluding tert-OH is 1. The average molecular weight is 327 g/mol. The molecule has 0 heterocycles. The Morgan fingerprint density at radius 1 is 1.41 bits per heavy atom. The second-order valence-corrected chi connectivity index (χ2v) is 7.44. The van der Waals surface area contributed by atoms with Crippen molar-refractivity contribution in [3.05, 3.63) is 11.3 Å². The Morgan fingerprint density at radius 3 is 2.68 bits per heavy atom. The third kappa shape index (κ3) is 5.67. The molecule has 1 aliphatic rings. The Morgan fingerprint density at radius 2 is 2.14 bits per heavy atom. The second-order valence-electron chi connectivity index (χ2n) is 5.73. The molecule has 22 heavy (non-hydrogen) atoms. The number of ketones is 1. The molecule has 0 fully saturated rings. The number of nitrogens with zero attached hydrogens (tertiary/aromatic N) is 1. The number of hydrogen-bond acceptors (Lipinski definition) is 5. The summed E-state index contributed by atoms with van der Waals surface area (Å²) in [5.74, 6) is 1.52. The fourth-order valence-electron chi connectivity index (χ4n) is 2.88. The van der Waals surface area contributed by atoms with Gasteiger partial charge in [0.2, 0.25) is 0 Å². The van der Waals surface area contributed by atoms with E-state index in [9.17, 15) is 9.90 Å². The minimum Gasteiger partial charge on any atom is -0.511 e. The molecule has 0 aromatic heterocycles. The highest BCUT2D eigenvalue weighted by molar-refractivity contribution is 7.99. The molecule has 1 rings (SSSR count). The number of allylic oxidation sites excluding steroid dienone is 2. The van der Waals surface area contributed by atoms with Crippen LogP contribution in [0.15, 0.2) is 16.5 Å². The van der Waals surface area contributed by atoms with E-state index in [1.807, 2.05) is 25.6 Å². The lowest BCUT2D eigenvalue weighted by Crippen LogP contribution is -2.26. The molecule has 5 heteroatoms. The molecule has 0 aliphatic heterocycles. The number of rotatable bonds is 9. The smallest absolute Gasteiger partial charge is 0.168 e. The summed E-state index contributed by atoms with van der Waals surface area (Å²) >= 11 is 1.90. The first-order valence-electron chi connectivity index (χ1n) is 8.29. The van der Waals surface area contributed by atoms with Crippen molar-refractivity contribution in [2.24, 2.45) is 11.1 Å². The van der Waals surface area contributed by atoms with Crippen LogP contribution in [0.2, 0.25) is 0 Å². The zero-order valence-electron chi connectivity index (χ0n) is 14.2. The zero-order valence-corrected chi connectivity index (χ0v) is 15.0. The normalized spacial score (nSPS) is 21.2. The van der Waals surface area contributed by atoms with Crippen LogP contribution in [0.3, 0.4) is 0 Å². The van der Waals surface area contributed by atoms with Crippen molar-refractivity contribution in [1.29, 1.82) is 0 Å². The molecule has 0 aromatic rings. The predicted molar refractivity (Wildman–Crippen MR) is 93.6 cm³/mol. The first-order chi connectivity index (χ1) is 10.5. The van der Waals surface area contributed by atoms with E-state index in [-0.39, 0.29) is 17.5 Å². The Bertz CT molecular complexity index is 432. The first kappa shape index (κ1) is 19.1. The van der Waals surface area contributed by atoms with Gasteiger partial charge < -0.3 is 9.94 Å². The van der Waals surface area contributed by atoms with E-state index in [2.05, 4.69) is 19.0 Å². The summed E-state index contributed by atoms with van der Waals surface area (Å²) in [4.78, 5) is 17.6. The highest BCUT2D eigenvalue weighted by atomic mass is 32.2. The third-order valence-electron chi connectivity index (χ3n) is 3.72. The van der Waals surface area contributed by atoms with Gasteiger partial charge in [-0.25, -0.2) is 0 Å². The molecule has 0 radical (unpaired) electrons.